The zero-order valence-corrected chi connectivity index (χ0v) is 33.6. The average Bonchev–Trinajstić information content (AvgIpc) is 3.16. The topological polar surface area (TPSA) is 118 Å². The molecule has 0 spiro atoms. The summed E-state index contributed by atoms with van der Waals surface area (Å²) in [6.07, 6.45) is 0.652. The van der Waals surface area contributed by atoms with Gasteiger partial charge in [-0.15, -0.1) is 0 Å². The van der Waals surface area contributed by atoms with Crippen LogP contribution < -0.4 is 9.44 Å². The van der Waals surface area contributed by atoms with Crippen LogP contribution in [0.1, 0.15) is 38.9 Å². The van der Waals surface area contributed by atoms with E-state index in [4.69, 9.17) is 23.2 Å². The highest BCUT2D eigenvalue weighted by atomic mass is 35.5. The summed E-state index contributed by atoms with van der Waals surface area (Å²) >= 11 is 12.0. The third kappa shape index (κ3) is 11.8. The number of aryl methyl sites for hydroxylation is 4. The number of anilines is 2. The van der Waals surface area contributed by atoms with Crippen LogP contribution in [0.25, 0.3) is 0 Å². The van der Waals surface area contributed by atoms with Crippen molar-refractivity contribution in [2.75, 3.05) is 9.44 Å². The van der Waals surface area contributed by atoms with Gasteiger partial charge in [-0.25, -0.2) is 31.2 Å². The lowest BCUT2D eigenvalue weighted by Gasteiger charge is -2.13. The van der Waals surface area contributed by atoms with E-state index in [9.17, 15) is 34.4 Å². The van der Waals surface area contributed by atoms with Crippen LogP contribution >= 0.6 is 23.2 Å². The number of halogens is 6. The van der Waals surface area contributed by atoms with Gasteiger partial charge in [0.1, 0.15) is 17.5 Å². The second-order valence-electron chi connectivity index (χ2n) is 12.8. The Morgan fingerprint density at radius 1 is 0.561 bits per heavy atom. The van der Waals surface area contributed by atoms with E-state index in [1.165, 1.54) is 48.7 Å². The van der Waals surface area contributed by atoms with E-state index in [1.807, 2.05) is 6.07 Å². The zero-order chi connectivity index (χ0) is 41.4. The Morgan fingerprint density at radius 2 is 1.00 bits per heavy atom. The molecule has 8 nitrogen and oxygen atoms in total. The molecule has 0 radical (unpaired) electrons. The van der Waals surface area contributed by atoms with E-state index in [-0.39, 0.29) is 39.2 Å². The Hall–Kier alpha value is -5.02. The summed E-state index contributed by atoms with van der Waals surface area (Å²) in [6, 6.07) is 27.7. The van der Waals surface area contributed by atoms with E-state index in [1.54, 1.807) is 74.6 Å². The maximum atomic E-state index is 13.1. The lowest BCUT2D eigenvalue weighted by molar-refractivity contribution is -0.138. The monoisotopic (exact) mass is 858 g/mol. The van der Waals surface area contributed by atoms with Gasteiger partial charge in [0.2, 0.25) is 0 Å². The highest BCUT2D eigenvalue weighted by Crippen LogP contribution is 2.32. The minimum atomic E-state index is -4.41. The fourth-order valence-corrected chi connectivity index (χ4v) is 8.66. The van der Waals surface area contributed by atoms with Gasteiger partial charge in [0, 0.05) is 22.4 Å². The molecule has 2 heterocycles. The Morgan fingerprint density at radius 3 is 1.46 bits per heavy atom. The molecule has 0 atom stereocenters. The van der Waals surface area contributed by atoms with Crippen molar-refractivity contribution in [1.29, 1.82) is 0 Å². The molecule has 298 valence electrons. The molecule has 6 aromatic rings. The molecular weight excluding hydrogens is 824 g/mol. The van der Waals surface area contributed by atoms with Crippen molar-refractivity contribution in [3.8, 4) is 0 Å². The number of nitrogens with one attached hydrogen (secondary N) is 2. The van der Waals surface area contributed by atoms with Crippen molar-refractivity contribution < 1.29 is 34.4 Å². The standard InChI is InChI=1S/C21H18ClF3N2O2S.C20H18ClFN2O2S/c1-14-18(22)7-4-8-19(14)30(28,29)27-20-12-10-15(13-26-20)9-11-16-5-2-3-6-17(16)21(23,24)25;1-14-18(21)3-2-4-19(14)27(25,26)24-20-12-9-16(13-23-20)6-5-15-7-10-17(22)11-8-15/h2-8,10,12-13H,9,11H2,1H3,(H,26,27);2-4,7-13H,5-6H2,1H3,(H,23,24). The van der Waals surface area contributed by atoms with Crippen LogP contribution in [0, 0.1) is 19.7 Å². The maximum absolute atomic E-state index is 13.1. The number of alkyl halides is 3. The van der Waals surface area contributed by atoms with Gasteiger partial charge in [-0.05, 0) is 128 Å². The van der Waals surface area contributed by atoms with Crippen molar-refractivity contribution in [3.63, 3.8) is 0 Å². The maximum Gasteiger partial charge on any atom is 0.416 e. The highest BCUT2D eigenvalue weighted by molar-refractivity contribution is 7.93. The third-order valence-electron chi connectivity index (χ3n) is 8.76. The van der Waals surface area contributed by atoms with Gasteiger partial charge in [0.15, 0.2) is 0 Å². The van der Waals surface area contributed by atoms with Crippen molar-refractivity contribution in [3.05, 3.63) is 176 Å². The molecule has 6 rings (SSSR count). The molecule has 0 unspecified atom stereocenters. The van der Waals surface area contributed by atoms with Crippen LogP contribution in [0.3, 0.4) is 0 Å². The molecule has 0 amide bonds. The number of aromatic nitrogens is 2. The molecule has 2 aromatic heterocycles. The quantitative estimate of drug-likeness (QED) is 0.118. The van der Waals surface area contributed by atoms with Crippen LogP contribution in [-0.2, 0) is 51.9 Å². The van der Waals surface area contributed by atoms with Gasteiger partial charge in [-0.1, -0.05) is 77.8 Å². The Labute approximate surface area is 339 Å². The van der Waals surface area contributed by atoms with Gasteiger partial charge >= 0.3 is 6.18 Å². The predicted molar refractivity (Wildman–Crippen MR) is 215 cm³/mol. The van der Waals surface area contributed by atoms with Crippen LogP contribution in [0.2, 0.25) is 10.0 Å². The molecule has 2 N–H and O–H groups in total. The molecule has 0 aliphatic rings. The first-order valence-electron chi connectivity index (χ1n) is 17.3. The third-order valence-corrected chi connectivity index (χ3v) is 12.6. The van der Waals surface area contributed by atoms with E-state index in [2.05, 4.69) is 19.4 Å². The molecule has 0 saturated heterocycles. The van der Waals surface area contributed by atoms with Gasteiger partial charge < -0.3 is 0 Å². The first kappa shape index (κ1) is 43.1. The fourth-order valence-electron chi connectivity index (χ4n) is 5.64. The van der Waals surface area contributed by atoms with Crippen LogP contribution in [0.5, 0.6) is 0 Å². The SMILES string of the molecule is Cc1c(Cl)cccc1S(=O)(=O)Nc1ccc(CCc2ccc(F)cc2)cn1.Cc1c(Cl)cccc1S(=O)(=O)Nc1ccc(CCc2ccccc2C(F)(F)F)cn1. The number of sulfonamides is 2. The van der Waals surface area contributed by atoms with E-state index in [0.29, 0.717) is 33.2 Å². The second-order valence-corrected chi connectivity index (χ2v) is 16.9. The number of rotatable bonds is 12. The fraction of sp³-hybridized carbons (Fsp3) is 0.171. The second kappa shape index (κ2) is 18.5. The van der Waals surface area contributed by atoms with E-state index >= 15 is 0 Å². The molecular formula is C41H36Cl2F4N4O4S2. The number of hydrogen-bond donors (Lipinski definition) is 2. The molecule has 0 fully saturated rings. The number of pyridine rings is 2. The summed E-state index contributed by atoms with van der Waals surface area (Å²) in [5.41, 5.74) is 3.13. The number of benzene rings is 4. The Bertz CT molecular complexity index is 2540. The van der Waals surface area contributed by atoms with Crippen LogP contribution in [-0.4, -0.2) is 26.8 Å². The van der Waals surface area contributed by atoms with Gasteiger partial charge in [-0.2, -0.15) is 13.2 Å². The summed E-state index contributed by atoms with van der Waals surface area (Å²) < 4.78 is 107. The Kier molecular flexibility index (Phi) is 14.0. The smallest absolute Gasteiger partial charge is 0.263 e. The lowest BCUT2D eigenvalue weighted by atomic mass is 10.0. The summed E-state index contributed by atoms with van der Waals surface area (Å²) in [4.78, 5) is 8.43. The van der Waals surface area contributed by atoms with Gasteiger partial charge in [0.25, 0.3) is 20.0 Å². The molecule has 16 heteroatoms. The molecule has 0 aliphatic carbocycles. The first-order valence-corrected chi connectivity index (χ1v) is 21.0. The molecule has 0 saturated carbocycles. The van der Waals surface area contributed by atoms with Gasteiger partial charge in [0.05, 0.1) is 15.4 Å². The van der Waals surface area contributed by atoms with Gasteiger partial charge in [-0.3, -0.25) is 9.44 Å². The van der Waals surface area contributed by atoms with Crippen LogP contribution in [0.15, 0.2) is 131 Å². The molecule has 0 aliphatic heterocycles. The zero-order valence-electron chi connectivity index (χ0n) is 30.5. The predicted octanol–water partition coefficient (Wildman–Crippen LogP) is 10.4. The summed E-state index contributed by atoms with van der Waals surface area (Å²) in [7, 11) is -7.65. The first-order chi connectivity index (χ1) is 26.9. The summed E-state index contributed by atoms with van der Waals surface area (Å²) in [5.74, 6) is 0.0840. The van der Waals surface area contributed by atoms with Crippen LogP contribution in [0.4, 0.5) is 29.2 Å². The average molecular weight is 860 g/mol. The molecule has 0 bridgehead atoms. The van der Waals surface area contributed by atoms with E-state index < -0.39 is 31.8 Å². The molecule has 57 heavy (non-hydrogen) atoms. The van der Waals surface area contributed by atoms with Crippen molar-refractivity contribution >= 4 is 54.9 Å². The number of hydrogen-bond acceptors (Lipinski definition) is 6. The van der Waals surface area contributed by atoms with Crippen molar-refractivity contribution in [2.24, 2.45) is 0 Å². The Balaban J connectivity index is 0.000000219. The molecule has 4 aromatic carbocycles. The number of nitrogens with zero attached hydrogens (tertiary/aromatic N) is 2. The normalized spacial score (nSPS) is 11.7. The summed E-state index contributed by atoms with van der Waals surface area (Å²) in [5, 5.41) is 0.724. The largest absolute Gasteiger partial charge is 0.416 e. The lowest BCUT2D eigenvalue weighted by Crippen LogP contribution is -2.15. The highest BCUT2D eigenvalue weighted by Gasteiger charge is 2.32. The summed E-state index contributed by atoms with van der Waals surface area (Å²) in [6.45, 7) is 3.26. The van der Waals surface area contributed by atoms with Crippen molar-refractivity contribution in [1.82, 2.24) is 9.97 Å². The minimum absolute atomic E-state index is 0.0460. The van der Waals surface area contributed by atoms with E-state index in [0.717, 1.165) is 30.0 Å². The van der Waals surface area contributed by atoms with Crippen molar-refractivity contribution in [2.45, 2.75) is 55.5 Å². The minimum Gasteiger partial charge on any atom is -0.263 e.